The van der Waals surface area contributed by atoms with E-state index in [1.165, 1.54) is 32.2 Å². The molecule has 3 heteroatoms. The van der Waals surface area contributed by atoms with E-state index in [-0.39, 0.29) is 6.10 Å². The maximum absolute atomic E-state index is 9.84. The van der Waals surface area contributed by atoms with Crippen molar-refractivity contribution >= 4 is 15.9 Å². The van der Waals surface area contributed by atoms with E-state index in [4.69, 9.17) is 0 Å². The van der Waals surface area contributed by atoms with Crippen LogP contribution in [0.15, 0.2) is 0 Å². The molecule has 0 saturated carbocycles. The van der Waals surface area contributed by atoms with Crippen LogP contribution in [0.3, 0.4) is 0 Å². The molecule has 2 heterocycles. The van der Waals surface area contributed by atoms with Gasteiger partial charge in [-0.05, 0) is 43.9 Å². The molecule has 0 aliphatic carbocycles. The molecule has 0 amide bonds. The van der Waals surface area contributed by atoms with Crippen molar-refractivity contribution in [3.63, 3.8) is 0 Å². The predicted octanol–water partition coefficient (Wildman–Crippen LogP) is 3.18. The molecular weight excluding hydrogens is 278 g/mol. The fourth-order valence-electron chi connectivity index (χ4n) is 3.60. The van der Waals surface area contributed by atoms with Gasteiger partial charge in [0.1, 0.15) is 0 Å². The first-order valence-electron chi connectivity index (χ1n) is 7.14. The van der Waals surface area contributed by atoms with Crippen LogP contribution in [-0.4, -0.2) is 40.1 Å². The molecule has 0 radical (unpaired) electrons. The van der Waals surface area contributed by atoms with Crippen molar-refractivity contribution < 1.29 is 5.11 Å². The summed E-state index contributed by atoms with van der Waals surface area (Å²) >= 11 is 3.72. The molecule has 0 aromatic heterocycles. The summed E-state index contributed by atoms with van der Waals surface area (Å²) in [6.07, 6.45) is 7.05. The van der Waals surface area contributed by atoms with E-state index >= 15 is 0 Å². The fraction of sp³-hybridized carbons (Fsp3) is 1.00. The fourth-order valence-corrected chi connectivity index (χ4v) is 4.57. The van der Waals surface area contributed by atoms with E-state index < -0.39 is 0 Å². The first kappa shape index (κ1) is 13.8. The van der Waals surface area contributed by atoms with Gasteiger partial charge in [-0.15, -0.1) is 0 Å². The Morgan fingerprint density at radius 2 is 1.71 bits per heavy atom. The minimum Gasteiger partial charge on any atom is -0.393 e. The molecular formula is C14H26BrNO. The van der Waals surface area contributed by atoms with Crippen LogP contribution in [0.25, 0.3) is 0 Å². The van der Waals surface area contributed by atoms with Gasteiger partial charge in [-0.3, -0.25) is 4.90 Å². The van der Waals surface area contributed by atoms with Crippen molar-refractivity contribution in [2.75, 3.05) is 11.9 Å². The molecule has 2 aliphatic rings. The number of aliphatic hydroxyl groups is 1. The van der Waals surface area contributed by atoms with Crippen molar-refractivity contribution in [3.05, 3.63) is 0 Å². The topological polar surface area (TPSA) is 23.5 Å². The first-order chi connectivity index (χ1) is 8.14. The summed E-state index contributed by atoms with van der Waals surface area (Å²) in [4.78, 5) is 2.71. The van der Waals surface area contributed by atoms with E-state index in [2.05, 4.69) is 34.7 Å². The lowest BCUT2D eigenvalue weighted by Crippen LogP contribution is -2.49. The summed E-state index contributed by atoms with van der Waals surface area (Å²) in [7, 11) is 0. The second-order valence-corrected chi connectivity index (χ2v) is 6.58. The van der Waals surface area contributed by atoms with Crippen LogP contribution >= 0.6 is 15.9 Å². The Morgan fingerprint density at radius 3 is 2.12 bits per heavy atom. The van der Waals surface area contributed by atoms with E-state index in [1.54, 1.807) is 0 Å². The molecule has 2 bridgehead atoms. The van der Waals surface area contributed by atoms with Gasteiger partial charge in [-0.25, -0.2) is 0 Å². The van der Waals surface area contributed by atoms with Gasteiger partial charge in [0.15, 0.2) is 0 Å². The molecule has 0 spiro atoms. The summed E-state index contributed by atoms with van der Waals surface area (Å²) in [5.41, 5.74) is 0.434. The summed E-state index contributed by atoms with van der Waals surface area (Å²) < 4.78 is 0. The van der Waals surface area contributed by atoms with Gasteiger partial charge >= 0.3 is 0 Å². The quantitative estimate of drug-likeness (QED) is 0.789. The standard InChI is InChI=1S/C14H26BrNO/c1-3-14(4-2,9-15)10-16-11-5-6-12(16)8-13(17)7-11/h11-13,17H,3-10H2,1-2H3. The molecule has 2 aliphatic heterocycles. The van der Waals surface area contributed by atoms with E-state index in [1.807, 2.05) is 0 Å². The van der Waals surface area contributed by atoms with Crippen molar-refractivity contribution in [1.82, 2.24) is 4.90 Å². The molecule has 0 aromatic carbocycles. The lowest BCUT2D eigenvalue weighted by molar-refractivity contribution is 0.0122. The summed E-state index contributed by atoms with van der Waals surface area (Å²) in [5.74, 6) is 0. The Labute approximate surface area is 114 Å². The monoisotopic (exact) mass is 303 g/mol. The van der Waals surface area contributed by atoms with Crippen LogP contribution in [0.5, 0.6) is 0 Å². The van der Waals surface area contributed by atoms with Gasteiger partial charge in [0.25, 0.3) is 0 Å². The Bertz CT molecular complexity index is 232. The third-order valence-electron chi connectivity index (χ3n) is 5.16. The number of piperidine rings is 1. The van der Waals surface area contributed by atoms with Crippen molar-refractivity contribution in [2.24, 2.45) is 5.41 Å². The van der Waals surface area contributed by atoms with Crippen LogP contribution in [0.1, 0.15) is 52.4 Å². The molecule has 2 saturated heterocycles. The SMILES string of the molecule is CCC(CC)(CBr)CN1C2CCC1CC(O)C2. The average molecular weight is 304 g/mol. The number of fused-ring (bicyclic) bond motifs is 2. The zero-order valence-corrected chi connectivity index (χ0v) is 12.7. The highest BCUT2D eigenvalue weighted by Crippen LogP contribution is 2.40. The number of alkyl halides is 1. The van der Waals surface area contributed by atoms with Crippen LogP contribution in [-0.2, 0) is 0 Å². The molecule has 1 N–H and O–H groups in total. The molecule has 2 fully saturated rings. The third-order valence-corrected chi connectivity index (χ3v) is 6.35. The number of nitrogens with zero attached hydrogens (tertiary/aromatic N) is 1. The predicted molar refractivity (Wildman–Crippen MR) is 75.6 cm³/mol. The van der Waals surface area contributed by atoms with Gasteiger partial charge in [-0.2, -0.15) is 0 Å². The van der Waals surface area contributed by atoms with Crippen LogP contribution in [0, 0.1) is 5.41 Å². The molecule has 2 nitrogen and oxygen atoms in total. The average Bonchev–Trinajstić information content (AvgIpc) is 2.58. The molecule has 2 rings (SSSR count). The number of halogens is 1. The van der Waals surface area contributed by atoms with E-state index in [0.29, 0.717) is 17.5 Å². The molecule has 2 unspecified atom stereocenters. The van der Waals surface area contributed by atoms with Crippen molar-refractivity contribution in [2.45, 2.75) is 70.6 Å². The second-order valence-electron chi connectivity index (χ2n) is 6.02. The zero-order chi connectivity index (χ0) is 12.5. The number of hydrogen-bond acceptors (Lipinski definition) is 2. The summed E-state index contributed by atoms with van der Waals surface area (Å²) in [5, 5.41) is 10.9. The highest BCUT2D eigenvalue weighted by Gasteiger charge is 2.42. The minimum atomic E-state index is -0.0367. The molecule has 0 aromatic rings. The maximum Gasteiger partial charge on any atom is 0.0570 e. The zero-order valence-electron chi connectivity index (χ0n) is 11.2. The first-order valence-corrected chi connectivity index (χ1v) is 8.26. The highest BCUT2D eigenvalue weighted by atomic mass is 79.9. The van der Waals surface area contributed by atoms with E-state index in [0.717, 1.165) is 18.2 Å². The second kappa shape index (κ2) is 5.58. The number of aliphatic hydroxyl groups excluding tert-OH is 1. The van der Waals surface area contributed by atoms with Crippen LogP contribution < -0.4 is 0 Å². The van der Waals surface area contributed by atoms with Crippen LogP contribution in [0.4, 0.5) is 0 Å². The molecule has 2 atom stereocenters. The van der Waals surface area contributed by atoms with Gasteiger partial charge in [0, 0.05) is 24.0 Å². The van der Waals surface area contributed by atoms with E-state index in [9.17, 15) is 5.11 Å². The number of rotatable bonds is 5. The molecule has 17 heavy (non-hydrogen) atoms. The Kier molecular flexibility index (Phi) is 4.54. The van der Waals surface area contributed by atoms with Gasteiger partial charge in [-0.1, -0.05) is 29.8 Å². The smallest absolute Gasteiger partial charge is 0.0570 e. The van der Waals surface area contributed by atoms with Crippen LogP contribution in [0.2, 0.25) is 0 Å². The largest absolute Gasteiger partial charge is 0.393 e. The lowest BCUT2D eigenvalue weighted by Gasteiger charge is -2.43. The number of hydrogen-bond donors (Lipinski definition) is 1. The van der Waals surface area contributed by atoms with Gasteiger partial charge < -0.3 is 5.11 Å². The van der Waals surface area contributed by atoms with Gasteiger partial charge in [0.05, 0.1) is 6.10 Å². The molecule has 100 valence electrons. The summed E-state index contributed by atoms with van der Waals surface area (Å²) in [6.45, 7) is 5.84. The normalized spacial score (nSPS) is 34.2. The summed E-state index contributed by atoms with van der Waals surface area (Å²) in [6, 6.07) is 1.31. The Hall–Kier alpha value is 0.400. The Morgan fingerprint density at radius 1 is 1.18 bits per heavy atom. The van der Waals surface area contributed by atoms with Gasteiger partial charge in [0.2, 0.25) is 0 Å². The highest BCUT2D eigenvalue weighted by molar-refractivity contribution is 9.09. The lowest BCUT2D eigenvalue weighted by atomic mass is 9.82. The van der Waals surface area contributed by atoms with Crippen molar-refractivity contribution in [3.8, 4) is 0 Å². The maximum atomic E-state index is 9.84. The minimum absolute atomic E-state index is 0.0367. The Balaban J connectivity index is 2.04. The van der Waals surface area contributed by atoms with Crippen molar-refractivity contribution in [1.29, 1.82) is 0 Å². The third kappa shape index (κ3) is 2.71.